The van der Waals surface area contributed by atoms with Crippen molar-refractivity contribution in [1.29, 1.82) is 0 Å². The zero-order chi connectivity index (χ0) is 16.5. The van der Waals surface area contributed by atoms with Gasteiger partial charge in [-0.1, -0.05) is 63.4 Å². The van der Waals surface area contributed by atoms with E-state index in [0.717, 1.165) is 18.4 Å². The Morgan fingerprint density at radius 1 is 1.23 bits per heavy atom. The van der Waals surface area contributed by atoms with Crippen molar-refractivity contribution in [2.45, 2.75) is 65.0 Å². The molecule has 0 radical (unpaired) electrons. The third kappa shape index (κ3) is 5.45. The van der Waals surface area contributed by atoms with Crippen molar-refractivity contribution in [2.24, 2.45) is 5.92 Å². The number of rotatable bonds is 9. The first-order valence-electron chi connectivity index (χ1n) is 8.49. The van der Waals surface area contributed by atoms with Crippen LogP contribution in [0.1, 0.15) is 64.5 Å². The second-order valence-electron chi connectivity index (χ2n) is 6.22. The van der Waals surface area contributed by atoms with Gasteiger partial charge in [-0.25, -0.2) is 0 Å². The molecule has 1 rings (SSSR count). The lowest BCUT2D eigenvalue weighted by Crippen LogP contribution is -2.39. The summed E-state index contributed by atoms with van der Waals surface area (Å²) in [7, 11) is 1.80. The van der Waals surface area contributed by atoms with Crippen molar-refractivity contribution >= 4 is 5.91 Å². The van der Waals surface area contributed by atoms with E-state index in [1.807, 2.05) is 37.3 Å². The van der Waals surface area contributed by atoms with Gasteiger partial charge >= 0.3 is 0 Å². The monoisotopic (exact) mass is 305 g/mol. The Balaban J connectivity index is 2.61. The Morgan fingerprint density at radius 2 is 1.86 bits per heavy atom. The highest BCUT2D eigenvalue weighted by Gasteiger charge is 2.25. The number of carbonyl (C=O) groups is 1. The topological polar surface area (TPSA) is 40.5 Å². The van der Waals surface area contributed by atoms with E-state index in [2.05, 4.69) is 13.8 Å². The second-order valence-corrected chi connectivity index (χ2v) is 6.22. The van der Waals surface area contributed by atoms with Gasteiger partial charge in [-0.05, 0) is 24.8 Å². The van der Waals surface area contributed by atoms with Gasteiger partial charge in [0, 0.05) is 13.5 Å². The predicted molar refractivity (Wildman–Crippen MR) is 91.6 cm³/mol. The van der Waals surface area contributed by atoms with Crippen LogP contribution in [0.2, 0.25) is 0 Å². The van der Waals surface area contributed by atoms with Crippen molar-refractivity contribution in [3.63, 3.8) is 0 Å². The number of nitrogens with zero attached hydrogens (tertiary/aromatic N) is 1. The zero-order valence-electron chi connectivity index (χ0n) is 14.5. The fourth-order valence-corrected chi connectivity index (χ4v) is 2.70. The van der Waals surface area contributed by atoms with Gasteiger partial charge in [0.25, 0.3) is 0 Å². The van der Waals surface area contributed by atoms with Crippen molar-refractivity contribution < 1.29 is 9.90 Å². The molecule has 22 heavy (non-hydrogen) atoms. The number of carbonyl (C=O) groups excluding carboxylic acids is 1. The van der Waals surface area contributed by atoms with Crippen LogP contribution in [0, 0.1) is 5.92 Å². The average molecular weight is 305 g/mol. The van der Waals surface area contributed by atoms with Gasteiger partial charge in [0.05, 0.1) is 12.1 Å². The molecular weight excluding hydrogens is 274 g/mol. The van der Waals surface area contributed by atoms with Crippen molar-refractivity contribution in [3.8, 4) is 0 Å². The molecule has 1 amide bonds. The van der Waals surface area contributed by atoms with Crippen LogP contribution in [-0.2, 0) is 4.79 Å². The van der Waals surface area contributed by atoms with Crippen LogP contribution in [0.25, 0.3) is 0 Å². The molecule has 0 aliphatic carbocycles. The van der Waals surface area contributed by atoms with Crippen LogP contribution < -0.4 is 0 Å². The molecule has 1 unspecified atom stereocenters. The Morgan fingerprint density at radius 3 is 2.41 bits per heavy atom. The third-order valence-corrected chi connectivity index (χ3v) is 4.61. The number of hydrogen-bond acceptors (Lipinski definition) is 2. The number of aliphatic hydroxyl groups is 1. The molecule has 0 spiro atoms. The lowest BCUT2D eigenvalue weighted by Gasteiger charge is -2.30. The smallest absolute Gasteiger partial charge is 0.222 e. The van der Waals surface area contributed by atoms with Gasteiger partial charge in [0.15, 0.2) is 0 Å². The quantitative estimate of drug-likeness (QED) is 0.743. The van der Waals surface area contributed by atoms with Crippen molar-refractivity contribution in [1.82, 2.24) is 4.90 Å². The standard InChI is InChI=1S/C19H31NO2/c1-5-7-11-16(6-2)14-18(21)20(4)15(3)19(22)17-12-9-8-10-13-17/h8-10,12-13,15-16,19,22H,5-7,11,14H2,1-4H3/t15-,16?,19-/m0/s1. The Labute approximate surface area is 135 Å². The second kappa shape index (κ2) is 9.62. The molecule has 3 heteroatoms. The molecule has 3 nitrogen and oxygen atoms in total. The summed E-state index contributed by atoms with van der Waals surface area (Å²) >= 11 is 0. The van der Waals surface area contributed by atoms with Gasteiger partial charge < -0.3 is 10.0 Å². The largest absolute Gasteiger partial charge is 0.386 e. The maximum Gasteiger partial charge on any atom is 0.222 e. The molecule has 0 fully saturated rings. The van der Waals surface area contributed by atoms with E-state index in [0.29, 0.717) is 12.3 Å². The van der Waals surface area contributed by atoms with E-state index in [1.54, 1.807) is 11.9 Å². The highest BCUT2D eigenvalue weighted by atomic mass is 16.3. The zero-order valence-corrected chi connectivity index (χ0v) is 14.5. The maximum absolute atomic E-state index is 12.5. The summed E-state index contributed by atoms with van der Waals surface area (Å²) in [6.45, 7) is 6.23. The van der Waals surface area contributed by atoms with Gasteiger partial charge in [-0.15, -0.1) is 0 Å². The fraction of sp³-hybridized carbons (Fsp3) is 0.632. The number of likely N-dealkylation sites (N-methyl/N-ethyl adjacent to an activating group) is 1. The summed E-state index contributed by atoms with van der Waals surface area (Å²) in [4.78, 5) is 14.2. The summed E-state index contributed by atoms with van der Waals surface area (Å²) in [5.41, 5.74) is 0.854. The molecule has 0 saturated heterocycles. The molecule has 1 aromatic rings. The molecule has 1 aromatic carbocycles. The minimum atomic E-state index is -0.647. The summed E-state index contributed by atoms with van der Waals surface area (Å²) in [5, 5.41) is 10.4. The van der Waals surface area contributed by atoms with E-state index in [4.69, 9.17) is 0 Å². The van der Waals surface area contributed by atoms with Crippen LogP contribution in [0.15, 0.2) is 30.3 Å². The number of aliphatic hydroxyl groups excluding tert-OH is 1. The highest BCUT2D eigenvalue weighted by Crippen LogP contribution is 2.23. The van der Waals surface area contributed by atoms with E-state index < -0.39 is 6.10 Å². The van der Waals surface area contributed by atoms with Crippen LogP contribution in [0.3, 0.4) is 0 Å². The molecule has 3 atom stereocenters. The van der Waals surface area contributed by atoms with Gasteiger partial charge in [-0.3, -0.25) is 4.79 Å². The van der Waals surface area contributed by atoms with E-state index in [1.165, 1.54) is 12.8 Å². The Hall–Kier alpha value is -1.35. The van der Waals surface area contributed by atoms with Crippen LogP contribution in [0.4, 0.5) is 0 Å². The first kappa shape index (κ1) is 18.7. The lowest BCUT2D eigenvalue weighted by molar-refractivity contribution is -0.135. The number of hydrogen-bond donors (Lipinski definition) is 1. The molecule has 1 N–H and O–H groups in total. The molecule has 0 heterocycles. The SMILES string of the molecule is CCCCC(CC)CC(=O)N(C)[C@@H](C)[C@H](O)c1ccccc1. The van der Waals surface area contributed by atoms with E-state index in [-0.39, 0.29) is 11.9 Å². The van der Waals surface area contributed by atoms with Crippen molar-refractivity contribution in [2.75, 3.05) is 7.05 Å². The number of benzene rings is 1. The maximum atomic E-state index is 12.5. The predicted octanol–water partition coefficient (Wildman–Crippen LogP) is 4.17. The summed E-state index contributed by atoms with van der Waals surface area (Å²) in [6.07, 6.45) is 4.43. The summed E-state index contributed by atoms with van der Waals surface area (Å²) in [6, 6.07) is 9.31. The van der Waals surface area contributed by atoms with Gasteiger partial charge in [-0.2, -0.15) is 0 Å². The molecule has 0 saturated carbocycles. The highest BCUT2D eigenvalue weighted by molar-refractivity contribution is 5.76. The molecule has 0 aliphatic heterocycles. The minimum absolute atomic E-state index is 0.130. The number of amides is 1. The van der Waals surface area contributed by atoms with Crippen LogP contribution in [-0.4, -0.2) is 29.0 Å². The normalized spacial score (nSPS) is 15.1. The fourth-order valence-electron chi connectivity index (χ4n) is 2.70. The average Bonchev–Trinajstić information content (AvgIpc) is 2.57. The molecular formula is C19H31NO2. The van der Waals surface area contributed by atoms with Gasteiger partial charge in [0.1, 0.15) is 0 Å². The molecule has 0 aliphatic rings. The summed E-state index contributed by atoms with van der Waals surface area (Å²) in [5.74, 6) is 0.585. The summed E-state index contributed by atoms with van der Waals surface area (Å²) < 4.78 is 0. The van der Waals surface area contributed by atoms with E-state index in [9.17, 15) is 9.90 Å². The van der Waals surface area contributed by atoms with Crippen LogP contribution in [0.5, 0.6) is 0 Å². The van der Waals surface area contributed by atoms with Crippen molar-refractivity contribution in [3.05, 3.63) is 35.9 Å². The first-order chi connectivity index (χ1) is 10.5. The lowest BCUT2D eigenvalue weighted by atomic mass is 9.94. The molecule has 0 bridgehead atoms. The Bertz CT molecular complexity index is 432. The Kier molecular flexibility index (Phi) is 8.18. The van der Waals surface area contributed by atoms with Gasteiger partial charge in [0.2, 0.25) is 5.91 Å². The van der Waals surface area contributed by atoms with E-state index >= 15 is 0 Å². The third-order valence-electron chi connectivity index (χ3n) is 4.61. The number of unbranched alkanes of at least 4 members (excludes halogenated alkanes) is 1. The molecule has 124 valence electrons. The molecule has 0 aromatic heterocycles. The van der Waals surface area contributed by atoms with Crippen LogP contribution >= 0.6 is 0 Å². The first-order valence-corrected chi connectivity index (χ1v) is 8.49. The minimum Gasteiger partial charge on any atom is -0.386 e.